The van der Waals surface area contributed by atoms with Crippen molar-refractivity contribution < 1.29 is 4.79 Å². The van der Waals surface area contributed by atoms with Crippen molar-refractivity contribution in [2.24, 2.45) is 0 Å². The second-order valence-corrected chi connectivity index (χ2v) is 6.05. The van der Waals surface area contributed by atoms with Crippen LogP contribution in [0.3, 0.4) is 0 Å². The molecule has 1 aliphatic heterocycles. The van der Waals surface area contributed by atoms with Crippen molar-refractivity contribution in [1.82, 2.24) is 19.2 Å². The number of carbonyl (C=O) groups is 1. The van der Waals surface area contributed by atoms with E-state index in [4.69, 9.17) is 0 Å². The molecule has 0 bridgehead atoms. The van der Waals surface area contributed by atoms with Crippen LogP contribution >= 0.6 is 0 Å². The van der Waals surface area contributed by atoms with Gasteiger partial charge in [0, 0.05) is 36.9 Å². The first-order chi connectivity index (χ1) is 10.6. The van der Waals surface area contributed by atoms with Gasteiger partial charge in [0.1, 0.15) is 0 Å². The highest BCUT2D eigenvalue weighted by Gasteiger charge is 2.31. The lowest BCUT2D eigenvalue weighted by Crippen LogP contribution is -2.38. The maximum Gasteiger partial charge on any atom is 0.255 e. The van der Waals surface area contributed by atoms with Gasteiger partial charge in [-0.15, -0.1) is 0 Å². The van der Waals surface area contributed by atoms with E-state index in [1.165, 1.54) is 0 Å². The Morgan fingerprint density at radius 3 is 2.86 bits per heavy atom. The summed E-state index contributed by atoms with van der Waals surface area (Å²) in [5.74, 6) is 0.169. The average Bonchev–Trinajstić information content (AvgIpc) is 3.21. The largest absolute Gasteiger partial charge is 0.349 e. The normalized spacial score (nSPS) is 18.1. The lowest BCUT2D eigenvalue weighted by molar-refractivity contribution is 0.0721. The minimum Gasteiger partial charge on any atom is -0.349 e. The van der Waals surface area contributed by atoms with Gasteiger partial charge >= 0.3 is 0 Å². The molecule has 5 heteroatoms. The van der Waals surface area contributed by atoms with Gasteiger partial charge in [0.15, 0.2) is 0 Å². The Hall–Kier alpha value is -2.04. The molecular weight excluding hydrogens is 276 g/mol. The van der Waals surface area contributed by atoms with Crippen LogP contribution in [0.4, 0.5) is 0 Å². The summed E-state index contributed by atoms with van der Waals surface area (Å²) in [7, 11) is 0. The van der Waals surface area contributed by atoms with E-state index in [9.17, 15) is 4.79 Å². The first-order valence-corrected chi connectivity index (χ1v) is 8.07. The summed E-state index contributed by atoms with van der Waals surface area (Å²) in [6, 6.07) is 4.21. The van der Waals surface area contributed by atoms with Crippen LogP contribution in [-0.2, 0) is 13.1 Å². The molecule has 0 aromatic carbocycles. The molecular formula is C17H24N4O. The highest BCUT2D eigenvalue weighted by Crippen LogP contribution is 2.24. The van der Waals surface area contributed by atoms with Gasteiger partial charge in [0.25, 0.3) is 5.91 Å². The van der Waals surface area contributed by atoms with Crippen molar-refractivity contribution in [2.45, 2.75) is 52.7 Å². The third kappa shape index (κ3) is 2.56. The molecule has 5 nitrogen and oxygen atoms in total. The molecule has 2 aromatic heterocycles. The summed E-state index contributed by atoms with van der Waals surface area (Å²) in [5.41, 5.74) is 3.09. The molecule has 0 radical (unpaired) electrons. The van der Waals surface area contributed by atoms with Crippen LogP contribution in [0.25, 0.3) is 0 Å². The van der Waals surface area contributed by atoms with Crippen molar-refractivity contribution in [3.63, 3.8) is 0 Å². The number of amides is 1. The Bertz CT molecular complexity index is 657. The summed E-state index contributed by atoms with van der Waals surface area (Å²) in [4.78, 5) is 15.0. The lowest BCUT2D eigenvalue weighted by Gasteiger charge is -2.25. The molecule has 0 aliphatic carbocycles. The number of nitrogens with zero attached hydrogens (tertiary/aromatic N) is 4. The maximum atomic E-state index is 13.0. The highest BCUT2D eigenvalue weighted by molar-refractivity contribution is 5.96. The zero-order valence-corrected chi connectivity index (χ0v) is 13.6. The molecule has 1 aliphatic rings. The molecule has 0 N–H and O–H groups in total. The van der Waals surface area contributed by atoms with Crippen molar-refractivity contribution >= 4 is 5.91 Å². The fourth-order valence-electron chi connectivity index (χ4n) is 3.58. The van der Waals surface area contributed by atoms with Gasteiger partial charge in [0.05, 0.1) is 18.2 Å². The van der Waals surface area contributed by atoms with Crippen LogP contribution in [-0.4, -0.2) is 37.7 Å². The topological polar surface area (TPSA) is 43.1 Å². The predicted octanol–water partition coefficient (Wildman–Crippen LogP) is 2.63. The Labute approximate surface area is 131 Å². The van der Waals surface area contributed by atoms with Gasteiger partial charge in [-0.05, 0) is 45.7 Å². The van der Waals surface area contributed by atoms with Crippen LogP contribution in [0, 0.1) is 13.8 Å². The zero-order chi connectivity index (χ0) is 15.7. The fraction of sp³-hybridized carbons (Fsp3) is 0.529. The molecule has 1 amide bonds. The number of aryl methyl sites for hydroxylation is 1. The van der Waals surface area contributed by atoms with E-state index in [0.29, 0.717) is 0 Å². The number of rotatable bonds is 4. The van der Waals surface area contributed by atoms with Crippen molar-refractivity contribution in [1.29, 1.82) is 0 Å². The molecule has 1 fully saturated rings. The molecule has 3 rings (SSSR count). The van der Waals surface area contributed by atoms with E-state index < -0.39 is 0 Å². The number of carbonyl (C=O) groups excluding carboxylic acids is 1. The molecule has 118 valence electrons. The molecule has 0 unspecified atom stereocenters. The Kier molecular flexibility index (Phi) is 4.05. The minimum absolute atomic E-state index is 0.169. The van der Waals surface area contributed by atoms with Gasteiger partial charge in [-0.2, -0.15) is 5.10 Å². The monoisotopic (exact) mass is 300 g/mol. The quantitative estimate of drug-likeness (QED) is 0.871. The highest BCUT2D eigenvalue weighted by atomic mass is 16.2. The molecule has 3 heterocycles. The van der Waals surface area contributed by atoms with E-state index in [-0.39, 0.29) is 11.9 Å². The zero-order valence-electron chi connectivity index (χ0n) is 13.6. The van der Waals surface area contributed by atoms with Gasteiger partial charge in [0.2, 0.25) is 0 Å². The Morgan fingerprint density at radius 1 is 1.41 bits per heavy atom. The summed E-state index contributed by atoms with van der Waals surface area (Å²) in [6.07, 6.45) is 5.88. The molecule has 1 atom stereocenters. The summed E-state index contributed by atoms with van der Waals surface area (Å²) in [5, 5.41) is 4.27. The molecule has 2 aromatic rings. The van der Waals surface area contributed by atoms with E-state index in [1.54, 1.807) is 6.20 Å². The van der Waals surface area contributed by atoms with Gasteiger partial charge in [-0.25, -0.2) is 0 Å². The number of hydrogen-bond donors (Lipinski definition) is 0. The van der Waals surface area contributed by atoms with Crippen LogP contribution < -0.4 is 0 Å². The fourth-order valence-corrected chi connectivity index (χ4v) is 3.58. The van der Waals surface area contributed by atoms with Crippen molar-refractivity contribution in [3.05, 3.63) is 41.5 Å². The first kappa shape index (κ1) is 14.9. The molecule has 1 saturated heterocycles. The second-order valence-electron chi connectivity index (χ2n) is 6.05. The van der Waals surface area contributed by atoms with E-state index in [2.05, 4.69) is 23.5 Å². The van der Waals surface area contributed by atoms with E-state index in [1.807, 2.05) is 34.8 Å². The first-order valence-electron chi connectivity index (χ1n) is 8.07. The van der Waals surface area contributed by atoms with Crippen LogP contribution in [0.1, 0.15) is 41.5 Å². The van der Waals surface area contributed by atoms with E-state index >= 15 is 0 Å². The minimum atomic E-state index is 0.169. The Balaban J connectivity index is 1.81. The third-order valence-electron chi connectivity index (χ3n) is 4.72. The molecule has 22 heavy (non-hydrogen) atoms. The lowest BCUT2D eigenvalue weighted by atomic mass is 10.2. The van der Waals surface area contributed by atoms with Gasteiger partial charge < -0.3 is 9.47 Å². The van der Waals surface area contributed by atoms with Gasteiger partial charge in [-0.1, -0.05) is 0 Å². The number of aromatic nitrogens is 3. The summed E-state index contributed by atoms with van der Waals surface area (Å²) < 4.78 is 4.12. The average molecular weight is 300 g/mol. The van der Waals surface area contributed by atoms with Crippen LogP contribution in [0.2, 0.25) is 0 Å². The third-order valence-corrected chi connectivity index (χ3v) is 4.72. The standard InChI is InChI=1S/C17H24N4O/c1-4-20-13(2)11-16(14(20)3)17(22)21-10-5-7-15(21)12-19-9-6-8-18-19/h6,8-9,11,15H,4-5,7,10,12H2,1-3H3/t15-/m1/s1. The number of likely N-dealkylation sites (tertiary alicyclic amines) is 1. The van der Waals surface area contributed by atoms with Gasteiger partial charge in [-0.3, -0.25) is 9.48 Å². The molecule has 0 spiro atoms. The predicted molar refractivity (Wildman–Crippen MR) is 85.9 cm³/mol. The van der Waals surface area contributed by atoms with Crippen LogP contribution in [0.15, 0.2) is 24.5 Å². The molecule has 0 saturated carbocycles. The van der Waals surface area contributed by atoms with Crippen molar-refractivity contribution in [3.8, 4) is 0 Å². The SMILES string of the molecule is CCn1c(C)cc(C(=O)N2CCC[C@@H]2Cn2cccn2)c1C. The maximum absolute atomic E-state index is 13.0. The van der Waals surface area contributed by atoms with E-state index in [0.717, 1.165) is 49.4 Å². The smallest absolute Gasteiger partial charge is 0.255 e. The Morgan fingerprint density at radius 2 is 2.23 bits per heavy atom. The number of hydrogen-bond acceptors (Lipinski definition) is 2. The summed E-state index contributed by atoms with van der Waals surface area (Å²) in [6.45, 7) is 8.76. The summed E-state index contributed by atoms with van der Waals surface area (Å²) >= 11 is 0. The van der Waals surface area contributed by atoms with Crippen LogP contribution in [0.5, 0.6) is 0 Å². The van der Waals surface area contributed by atoms with Crippen molar-refractivity contribution in [2.75, 3.05) is 6.54 Å². The second kappa shape index (κ2) is 5.99.